The van der Waals surface area contributed by atoms with E-state index in [1.165, 1.54) is 50.1 Å². The maximum Gasteiger partial charge on any atom is 0.164 e. The zero-order valence-electron chi connectivity index (χ0n) is 41.1. The standard InChI is InChI=1S/C64H61N3O/c1-37(2)47-31-48(38(3)4)34-51(33-47)53-21-14-22-54(52-35-49(39(5)6)32-50(36-52)40(7)8)59(53)46-20-12-19-45(30-46)55-23-15-24-57-62(55)66-64(67(57)63-41(9)16-11-17-42(63)10)56-29-28-44-27-26-43-18-13-25-58(68)60(43)61(44)65-56/h11-40,68H,1-10H3. The fourth-order valence-electron chi connectivity index (χ4n) is 10.1. The zero-order valence-corrected chi connectivity index (χ0v) is 41.1. The van der Waals surface area contributed by atoms with Gasteiger partial charge in [0, 0.05) is 16.3 Å². The molecule has 0 aliphatic rings. The van der Waals surface area contributed by atoms with Crippen molar-refractivity contribution in [3.8, 4) is 67.5 Å². The van der Waals surface area contributed by atoms with E-state index in [0.29, 0.717) is 23.7 Å². The molecule has 0 aliphatic heterocycles. The molecule has 0 unspecified atom stereocenters. The average Bonchev–Trinajstić information content (AvgIpc) is 3.72. The molecule has 4 heteroatoms. The number of hydrogen-bond acceptors (Lipinski definition) is 3. The molecular weight excluding hydrogens is 827 g/mol. The Morgan fingerprint density at radius 2 is 0.926 bits per heavy atom. The molecule has 0 radical (unpaired) electrons. The Balaban J connectivity index is 1.23. The van der Waals surface area contributed by atoms with Crippen LogP contribution in [0.3, 0.4) is 0 Å². The minimum Gasteiger partial charge on any atom is -0.507 e. The summed E-state index contributed by atoms with van der Waals surface area (Å²) in [7, 11) is 0. The van der Waals surface area contributed by atoms with E-state index in [-0.39, 0.29) is 5.75 Å². The Hall–Kier alpha value is -7.30. The van der Waals surface area contributed by atoms with Gasteiger partial charge in [-0.3, -0.25) is 4.57 Å². The first-order valence-electron chi connectivity index (χ1n) is 24.4. The van der Waals surface area contributed by atoms with E-state index in [9.17, 15) is 5.11 Å². The summed E-state index contributed by atoms with van der Waals surface area (Å²) in [5.41, 5.74) is 21.7. The maximum atomic E-state index is 11.2. The van der Waals surface area contributed by atoms with Gasteiger partial charge < -0.3 is 5.11 Å². The van der Waals surface area contributed by atoms with Crippen molar-refractivity contribution in [2.75, 3.05) is 0 Å². The van der Waals surface area contributed by atoms with Crippen LogP contribution in [0, 0.1) is 13.8 Å². The van der Waals surface area contributed by atoms with E-state index in [1.807, 2.05) is 18.2 Å². The number of aromatic nitrogens is 3. The highest BCUT2D eigenvalue weighted by Crippen LogP contribution is 2.45. The van der Waals surface area contributed by atoms with Gasteiger partial charge in [-0.2, -0.15) is 0 Å². The molecule has 0 fully saturated rings. The normalized spacial score (nSPS) is 12.0. The number of aromatic hydroxyl groups is 1. The molecule has 0 bridgehead atoms. The van der Waals surface area contributed by atoms with Crippen molar-refractivity contribution < 1.29 is 5.11 Å². The molecule has 4 nitrogen and oxygen atoms in total. The van der Waals surface area contributed by atoms with Crippen molar-refractivity contribution in [1.29, 1.82) is 0 Å². The molecule has 0 spiro atoms. The highest BCUT2D eigenvalue weighted by Gasteiger charge is 2.23. The molecule has 0 saturated heterocycles. The van der Waals surface area contributed by atoms with Crippen LogP contribution in [0.1, 0.15) is 112 Å². The summed E-state index contributed by atoms with van der Waals surface area (Å²) in [5, 5.41) is 13.8. The van der Waals surface area contributed by atoms with Crippen LogP contribution < -0.4 is 0 Å². The van der Waals surface area contributed by atoms with Crippen LogP contribution in [0.2, 0.25) is 0 Å². The van der Waals surface area contributed by atoms with Crippen molar-refractivity contribution >= 4 is 32.7 Å². The van der Waals surface area contributed by atoms with Crippen LogP contribution in [0.5, 0.6) is 5.75 Å². The first-order chi connectivity index (χ1) is 32.7. The molecule has 1 N–H and O–H groups in total. The first-order valence-corrected chi connectivity index (χ1v) is 24.4. The van der Waals surface area contributed by atoms with Crippen LogP contribution >= 0.6 is 0 Å². The van der Waals surface area contributed by atoms with E-state index in [4.69, 9.17) is 9.97 Å². The van der Waals surface area contributed by atoms with E-state index < -0.39 is 0 Å². The van der Waals surface area contributed by atoms with E-state index >= 15 is 0 Å². The maximum absolute atomic E-state index is 11.2. The first kappa shape index (κ1) is 44.5. The predicted molar refractivity (Wildman–Crippen MR) is 289 cm³/mol. The summed E-state index contributed by atoms with van der Waals surface area (Å²) in [5.74, 6) is 2.54. The van der Waals surface area contributed by atoms with Crippen molar-refractivity contribution in [2.24, 2.45) is 0 Å². The summed E-state index contributed by atoms with van der Waals surface area (Å²) in [6.45, 7) is 22.7. The zero-order chi connectivity index (χ0) is 47.5. The monoisotopic (exact) mass is 887 g/mol. The van der Waals surface area contributed by atoms with Crippen molar-refractivity contribution in [3.05, 3.63) is 191 Å². The Kier molecular flexibility index (Phi) is 11.6. The number of para-hydroxylation sites is 2. The average molecular weight is 888 g/mol. The SMILES string of the molecule is Cc1cccc(C)c1-n1c(-c2ccc3ccc4cccc(O)c4c3n2)nc2c(-c3cccc(-c4c(-c5cc(C(C)C)cc(C(C)C)c5)cccc4-c4cc(C(C)C)cc(C(C)C)c4)c3)cccc21. The third-order valence-corrected chi connectivity index (χ3v) is 14.0. The second-order valence-electron chi connectivity index (χ2n) is 20.1. The van der Waals surface area contributed by atoms with E-state index in [0.717, 1.165) is 77.7 Å². The molecule has 10 rings (SSSR count). The lowest BCUT2D eigenvalue weighted by Crippen LogP contribution is -2.03. The lowest BCUT2D eigenvalue weighted by Gasteiger charge is -2.21. The topological polar surface area (TPSA) is 50.9 Å². The molecule has 8 aromatic carbocycles. The van der Waals surface area contributed by atoms with Gasteiger partial charge in [-0.25, -0.2) is 9.97 Å². The summed E-state index contributed by atoms with van der Waals surface area (Å²) >= 11 is 0. The number of fused-ring (bicyclic) bond motifs is 4. The van der Waals surface area contributed by atoms with Gasteiger partial charge >= 0.3 is 0 Å². The van der Waals surface area contributed by atoms with Crippen LogP contribution in [0.25, 0.3) is 94.4 Å². The number of nitrogens with zero attached hydrogens (tertiary/aromatic N) is 3. The van der Waals surface area contributed by atoms with Gasteiger partial charge in [-0.1, -0.05) is 189 Å². The minimum atomic E-state index is 0.217. The summed E-state index contributed by atoms with van der Waals surface area (Å²) in [6.07, 6.45) is 0. The van der Waals surface area contributed by atoms with E-state index in [1.54, 1.807) is 6.07 Å². The van der Waals surface area contributed by atoms with Gasteiger partial charge in [0.05, 0.1) is 22.2 Å². The molecule has 2 aromatic heterocycles. The number of aryl methyl sites for hydroxylation is 2. The Labute approximate surface area is 402 Å². The largest absolute Gasteiger partial charge is 0.507 e. The Morgan fingerprint density at radius 1 is 0.426 bits per heavy atom. The molecule has 2 heterocycles. The third kappa shape index (κ3) is 7.96. The number of phenolic OH excluding ortho intramolecular Hbond substituents is 1. The highest BCUT2D eigenvalue weighted by atomic mass is 16.3. The predicted octanol–water partition coefficient (Wildman–Crippen LogP) is 17.9. The number of phenols is 1. The lowest BCUT2D eigenvalue weighted by molar-refractivity contribution is 0.482. The molecule has 0 aliphatic carbocycles. The minimum absolute atomic E-state index is 0.217. The smallest absolute Gasteiger partial charge is 0.164 e. The van der Waals surface area contributed by atoms with Gasteiger partial charge in [0.25, 0.3) is 0 Å². The summed E-state index contributed by atoms with van der Waals surface area (Å²) in [4.78, 5) is 10.9. The summed E-state index contributed by atoms with van der Waals surface area (Å²) < 4.78 is 2.29. The molecule has 338 valence electrons. The van der Waals surface area contributed by atoms with Gasteiger partial charge in [0.2, 0.25) is 0 Å². The van der Waals surface area contributed by atoms with Gasteiger partial charge in [0.1, 0.15) is 11.4 Å². The fourth-order valence-corrected chi connectivity index (χ4v) is 10.1. The molecule has 0 amide bonds. The van der Waals surface area contributed by atoms with Crippen molar-refractivity contribution in [1.82, 2.24) is 14.5 Å². The van der Waals surface area contributed by atoms with Crippen LogP contribution in [-0.2, 0) is 0 Å². The number of rotatable bonds is 10. The molecular formula is C64H61N3O. The number of imidazole rings is 1. The third-order valence-electron chi connectivity index (χ3n) is 14.0. The Morgan fingerprint density at radius 3 is 1.53 bits per heavy atom. The highest BCUT2D eigenvalue weighted by molar-refractivity contribution is 6.09. The number of hydrogen-bond donors (Lipinski definition) is 1. The fraction of sp³-hybridized carbons (Fsp3) is 0.219. The molecule has 68 heavy (non-hydrogen) atoms. The van der Waals surface area contributed by atoms with Crippen LogP contribution in [0.15, 0.2) is 158 Å². The quantitative estimate of drug-likeness (QED) is 0.139. The molecule has 0 atom stereocenters. The second-order valence-corrected chi connectivity index (χ2v) is 20.1. The van der Waals surface area contributed by atoms with Crippen LogP contribution in [-0.4, -0.2) is 19.6 Å². The van der Waals surface area contributed by atoms with Gasteiger partial charge in [-0.15, -0.1) is 0 Å². The Bertz CT molecular complexity index is 3410. The van der Waals surface area contributed by atoms with Crippen LogP contribution in [0.4, 0.5) is 0 Å². The summed E-state index contributed by atoms with van der Waals surface area (Å²) in [6, 6.07) is 57.4. The molecule has 10 aromatic rings. The second kappa shape index (κ2) is 17.7. The van der Waals surface area contributed by atoms with E-state index in [2.05, 4.69) is 207 Å². The number of pyridine rings is 1. The number of benzene rings is 8. The van der Waals surface area contributed by atoms with Gasteiger partial charge in [0.15, 0.2) is 5.82 Å². The lowest BCUT2D eigenvalue weighted by atomic mass is 9.83. The van der Waals surface area contributed by atoms with Gasteiger partial charge in [-0.05, 0) is 139 Å². The van der Waals surface area contributed by atoms with Crippen molar-refractivity contribution in [3.63, 3.8) is 0 Å². The van der Waals surface area contributed by atoms with Crippen molar-refractivity contribution in [2.45, 2.75) is 92.9 Å². The molecule has 0 saturated carbocycles.